The van der Waals surface area contributed by atoms with Crippen molar-refractivity contribution >= 4 is 17.1 Å². The summed E-state index contributed by atoms with van der Waals surface area (Å²) in [5.41, 5.74) is 1.20. The van der Waals surface area contributed by atoms with E-state index in [1.807, 2.05) is 19.1 Å². The predicted molar refractivity (Wildman–Crippen MR) is 71.2 cm³/mol. The molecule has 0 heterocycles. The molecule has 0 aliphatic rings. The Bertz CT molecular complexity index is 507. The second-order valence-corrected chi connectivity index (χ2v) is 4.19. The van der Waals surface area contributed by atoms with Gasteiger partial charge in [-0.1, -0.05) is 49.4 Å². The summed E-state index contributed by atoms with van der Waals surface area (Å²) in [6.45, 7) is 2.83. The average molecular weight is 227 g/mol. The minimum absolute atomic E-state index is 0.0823. The summed E-state index contributed by atoms with van der Waals surface area (Å²) in [5.74, 6) is 0. The van der Waals surface area contributed by atoms with E-state index >= 15 is 0 Å². The summed E-state index contributed by atoms with van der Waals surface area (Å²) in [7, 11) is 0. The fraction of sp³-hybridized carbons (Fsp3) is 0.267. The van der Waals surface area contributed by atoms with Gasteiger partial charge in [0.1, 0.15) is 6.29 Å². The van der Waals surface area contributed by atoms with Crippen LogP contribution >= 0.6 is 0 Å². The topological polar surface area (TPSA) is 29.1 Å². The van der Waals surface area contributed by atoms with Crippen LogP contribution in [0.4, 0.5) is 0 Å². The molecule has 2 aromatic carbocycles. The average Bonchev–Trinajstić information content (AvgIpc) is 2.38. The molecular formula is C15H17NO. The monoisotopic (exact) mass is 227 g/mol. The van der Waals surface area contributed by atoms with Gasteiger partial charge >= 0.3 is 0 Å². The van der Waals surface area contributed by atoms with Crippen molar-refractivity contribution in [2.75, 3.05) is 6.54 Å². The first kappa shape index (κ1) is 11.8. The van der Waals surface area contributed by atoms with Gasteiger partial charge in [0.05, 0.1) is 6.04 Å². The van der Waals surface area contributed by atoms with Gasteiger partial charge in [-0.2, -0.15) is 0 Å². The van der Waals surface area contributed by atoms with Crippen molar-refractivity contribution in [1.82, 2.24) is 5.32 Å². The molecule has 0 amide bonds. The van der Waals surface area contributed by atoms with Crippen LogP contribution in [0.3, 0.4) is 0 Å². The minimum atomic E-state index is -0.0823. The van der Waals surface area contributed by atoms with Gasteiger partial charge in [0, 0.05) is 0 Å². The summed E-state index contributed by atoms with van der Waals surface area (Å²) in [6.07, 6.45) is 1.74. The predicted octanol–water partition coefficient (Wildman–Crippen LogP) is 2.56. The molecule has 2 aromatic rings. The first-order valence-corrected chi connectivity index (χ1v) is 6.00. The molecule has 0 aliphatic heterocycles. The van der Waals surface area contributed by atoms with Crippen molar-refractivity contribution < 1.29 is 4.79 Å². The zero-order valence-electron chi connectivity index (χ0n) is 10.0. The number of benzene rings is 2. The maximum Gasteiger partial charge on any atom is 0.137 e. The lowest BCUT2D eigenvalue weighted by molar-refractivity contribution is -0.109. The van der Waals surface area contributed by atoms with E-state index in [4.69, 9.17) is 0 Å². The first-order valence-electron chi connectivity index (χ1n) is 6.00. The molecule has 0 saturated heterocycles. The second-order valence-electron chi connectivity index (χ2n) is 4.19. The quantitative estimate of drug-likeness (QED) is 0.795. The van der Waals surface area contributed by atoms with Crippen molar-refractivity contribution in [2.24, 2.45) is 0 Å². The van der Waals surface area contributed by atoms with Gasteiger partial charge < -0.3 is 10.1 Å². The highest BCUT2D eigenvalue weighted by atomic mass is 16.1. The maximum atomic E-state index is 10.9. The Morgan fingerprint density at radius 2 is 1.94 bits per heavy atom. The van der Waals surface area contributed by atoms with Gasteiger partial charge in [-0.15, -0.1) is 0 Å². The largest absolute Gasteiger partial charge is 0.308 e. The third-order valence-corrected chi connectivity index (χ3v) is 2.90. The first-order chi connectivity index (χ1) is 8.33. The third kappa shape index (κ3) is 2.92. The number of rotatable bonds is 5. The zero-order chi connectivity index (χ0) is 12.1. The van der Waals surface area contributed by atoms with Gasteiger partial charge in [0.15, 0.2) is 0 Å². The molecular weight excluding hydrogens is 210 g/mol. The Kier molecular flexibility index (Phi) is 3.89. The van der Waals surface area contributed by atoms with Crippen molar-refractivity contribution in [2.45, 2.75) is 19.4 Å². The summed E-state index contributed by atoms with van der Waals surface area (Å²) in [4.78, 5) is 10.9. The summed E-state index contributed by atoms with van der Waals surface area (Å²) in [6, 6.07) is 14.5. The minimum Gasteiger partial charge on any atom is -0.308 e. The van der Waals surface area contributed by atoms with Crippen LogP contribution in [0.5, 0.6) is 0 Å². The van der Waals surface area contributed by atoms with E-state index in [1.54, 1.807) is 0 Å². The Balaban J connectivity index is 2.21. The smallest absolute Gasteiger partial charge is 0.137 e. The Labute approximate surface area is 102 Å². The fourth-order valence-electron chi connectivity index (χ4n) is 2.05. The van der Waals surface area contributed by atoms with Crippen molar-refractivity contribution in [3.8, 4) is 0 Å². The Hall–Kier alpha value is -1.67. The lowest BCUT2D eigenvalue weighted by Gasteiger charge is -2.11. The molecule has 2 rings (SSSR count). The third-order valence-electron chi connectivity index (χ3n) is 2.90. The number of aldehydes is 1. The van der Waals surface area contributed by atoms with Gasteiger partial charge in [0.2, 0.25) is 0 Å². The highest BCUT2D eigenvalue weighted by Crippen LogP contribution is 2.16. The molecule has 1 unspecified atom stereocenters. The van der Waals surface area contributed by atoms with E-state index in [-0.39, 0.29) is 6.04 Å². The molecule has 1 atom stereocenters. The molecule has 2 heteroatoms. The normalized spacial score (nSPS) is 12.5. The SMILES string of the molecule is CCNC(C=O)Cc1ccc2ccccc2c1. The summed E-state index contributed by atoms with van der Waals surface area (Å²) < 4.78 is 0. The summed E-state index contributed by atoms with van der Waals surface area (Å²) in [5, 5.41) is 5.63. The number of nitrogens with one attached hydrogen (secondary N) is 1. The van der Waals surface area contributed by atoms with E-state index in [1.165, 1.54) is 16.3 Å². The molecule has 0 spiro atoms. The van der Waals surface area contributed by atoms with E-state index in [0.717, 1.165) is 19.3 Å². The molecule has 88 valence electrons. The molecule has 2 nitrogen and oxygen atoms in total. The standard InChI is InChI=1S/C15H17NO/c1-2-16-15(11-17)10-12-7-8-13-5-3-4-6-14(13)9-12/h3-9,11,15-16H,2,10H2,1H3. The highest BCUT2D eigenvalue weighted by molar-refractivity contribution is 5.83. The van der Waals surface area contributed by atoms with Gasteiger partial charge in [-0.05, 0) is 29.3 Å². The number of carbonyl (C=O) groups is 1. The van der Waals surface area contributed by atoms with Crippen molar-refractivity contribution in [3.63, 3.8) is 0 Å². The number of fused-ring (bicyclic) bond motifs is 1. The fourth-order valence-corrected chi connectivity index (χ4v) is 2.05. The molecule has 0 aliphatic carbocycles. The molecule has 0 saturated carbocycles. The summed E-state index contributed by atoms with van der Waals surface area (Å²) >= 11 is 0. The van der Waals surface area contributed by atoms with Crippen LogP contribution in [0, 0.1) is 0 Å². The number of hydrogen-bond acceptors (Lipinski definition) is 2. The van der Waals surface area contributed by atoms with Gasteiger partial charge in [0.25, 0.3) is 0 Å². The second kappa shape index (κ2) is 5.60. The van der Waals surface area contributed by atoms with Crippen molar-refractivity contribution in [1.29, 1.82) is 0 Å². The molecule has 17 heavy (non-hydrogen) atoms. The zero-order valence-corrected chi connectivity index (χ0v) is 10.0. The van der Waals surface area contributed by atoms with Crippen LogP contribution < -0.4 is 5.32 Å². The molecule has 1 N–H and O–H groups in total. The molecule has 0 bridgehead atoms. The maximum absolute atomic E-state index is 10.9. The van der Waals surface area contributed by atoms with E-state index in [2.05, 4.69) is 35.6 Å². The number of hydrogen-bond donors (Lipinski definition) is 1. The molecule has 0 aromatic heterocycles. The lowest BCUT2D eigenvalue weighted by atomic mass is 10.0. The van der Waals surface area contributed by atoms with Crippen molar-refractivity contribution in [3.05, 3.63) is 48.0 Å². The Morgan fingerprint density at radius 1 is 1.18 bits per heavy atom. The highest BCUT2D eigenvalue weighted by Gasteiger charge is 2.06. The lowest BCUT2D eigenvalue weighted by Crippen LogP contribution is -2.32. The van der Waals surface area contributed by atoms with Crippen LogP contribution in [0.2, 0.25) is 0 Å². The van der Waals surface area contributed by atoms with Crippen LogP contribution in [-0.4, -0.2) is 18.9 Å². The van der Waals surface area contributed by atoms with E-state index in [9.17, 15) is 4.79 Å². The van der Waals surface area contributed by atoms with Crippen LogP contribution in [0.25, 0.3) is 10.8 Å². The van der Waals surface area contributed by atoms with Crippen LogP contribution in [0.1, 0.15) is 12.5 Å². The van der Waals surface area contributed by atoms with E-state index < -0.39 is 0 Å². The molecule has 0 radical (unpaired) electrons. The van der Waals surface area contributed by atoms with Crippen LogP contribution in [0.15, 0.2) is 42.5 Å². The van der Waals surface area contributed by atoms with Crippen LogP contribution in [-0.2, 0) is 11.2 Å². The Morgan fingerprint density at radius 3 is 2.65 bits per heavy atom. The number of carbonyl (C=O) groups excluding carboxylic acids is 1. The van der Waals surface area contributed by atoms with Gasteiger partial charge in [-0.3, -0.25) is 0 Å². The number of likely N-dealkylation sites (N-methyl/N-ethyl adjacent to an activating group) is 1. The molecule has 0 fully saturated rings. The van der Waals surface area contributed by atoms with Gasteiger partial charge in [-0.25, -0.2) is 0 Å². The van der Waals surface area contributed by atoms with E-state index in [0.29, 0.717) is 0 Å².